The quantitative estimate of drug-likeness (QED) is 0.762. The molecule has 1 N–H and O–H groups in total. The monoisotopic (exact) mass is 256 g/mol. The molecule has 1 rings (SSSR count). The lowest BCUT2D eigenvalue weighted by atomic mass is 9.95. The van der Waals surface area contributed by atoms with E-state index >= 15 is 0 Å². The highest BCUT2D eigenvalue weighted by Crippen LogP contribution is 2.28. The fraction of sp³-hybridized carbons (Fsp3) is 0.667. The number of carboxylic acids is 1. The van der Waals surface area contributed by atoms with Crippen LogP contribution in [0.3, 0.4) is 0 Å². The summed E-state index contributed by atoms with van der Waals surface area (Å²) in [6, 6.07) is 0.365. The average molecular weight is 256 g/mol. The molecule has 0 radical (unpaired) electrons. The minimum absolute atomic E-state index is 0.0622. The molecule has 5 heteroatoms. The zero-order chi connectivity index (χ0) is 12.8. The Labute approximate surface area is 106 Å². The van der Waals surface area contributed by atoms with Crippen LogP contribution in [0.25, 0.3) is 0 Å². The summed E-state index contributed by atoms with van der Waals surface area (Å²) in [5, 5.41) is 9.48. The second-order valence-corrected chi connectivity index (χ2v) is 5.06. The number of aliphatic carboxylic acids is 1. The molecule has 17 heavy (non-hydrogen) atoms. The minimum atomic E-state index is -0.806. The van der Waals surface area contributed by atoms with E-state index in [4.69, 9.17) is 5.11 Å². The van der Waals surface area contributed by atoms with Gasteiger partial charge in [-0.25, -0.2) is 4.98 Å². The molecule has 0 amide bonds. The van der Waals surface area contributed by atoms with Crippen molar-refractivity contribution in [3.8, 4) is 0 Å². The second-order valence-electron chi connectivity index (χ2n) is 4.12. The number of thioether (sulfide) groups is 1. The summed E-state index contributed by atoms with van der Waals surface area (Å²) in [7, 11) is 0. The van der Waals surface area contributed by atoms with Gasteiger partial charge in [-0.1, -0.05) is 38.5 Å². The average Bonchev–Trinajstić information content (AvgIpc) is 2.75. The predicted octanol–water partition coefficient (Wildman–Crippen LogP) is 3.06. The van der Waals surface area contributed by atoms with Crippen LogP contribution in [-0.2, 0) is 4.79 Å². The molecule has 0 aliphatic rings. The zero-order valence-electron chi connectivity index (χ0n) is 10.6. The Balaban J connectivity index is 2.76. The molecule has 0 saturated carbocycles. The first kappa shape index (κ1) is 14.1. The summed E-state index contributed by atoms with van der Waals surface area (Å²) < 4.78 is 2.09. The summed E-state index contributed by atoms with van der Waals surface area (Å²) in [5.74, 6) is -0.139. The van der Waals surface area contributed by atoms with Crippen molar-refractivity contribution in [1.82, 2.24) is 9.55 Å². The summed E-state index contributed by atoms with van der Waals surface area (Å²) in [4.78, 5) is 14.8. The first-order chi connectivity index (χ1) is 8.10. The number of hydrogen-bond donors (Lipinski definition) is 1. The maximum Gasteiger partial charge on any atom is 0.313 e. The normalized spacial score (nSPS) is 12.9. The number of aromatic nitrogens is 2. The summed E-state index contributed by atoms with van der Waals surface area (Å²) in [6.07, 6.45) is 5.92. The maximum atomic E-state index is 10.6. The lowest BCUT2D eigenvalue weighted by Crippen LogP contribution is -2.16. The van der Waals surface area contributed by atoms with Crippen molar-refractivity contribution in [2.24, 2.45) is 5.92 Å². The molecule has 4 nitrogen and oxygen atoms in total. The van der Waals surface area contributed by atoms with Crippen molar-refractivity contribution in [2.45, 2.75) is 44.8 Å². The molecule has 0 aliphatic heterocycles. The van der Waals surface area contributed by atoms with Crippen molar-refractivity contribution in [3.05, 3.63) is 12.4 Å². The number of imidazole rings is 1. The van der Waals surface area contributed by atoms with Gasteiger partial charge in [0.1, 0.15) is 0 Å². The first-order valence-electron chi connectivity index (χ1n) is 5.97. The van der Waals surface area contributed by atoms with E-state index in [0.717, 1.165) is 18.0 Å². The van der Waals surface area contributed by atoms with Crippen molar-refractivity contribution in [3.63, 3.8) is 0 Å². The maximum absolute atomic E-state index is 10.6. The highest BCUT2D eigenvalue weighted by Gasteiger charge is 2.18. The van der Waals surface area contributed by atoms with Gasteiger partial charge in [0.15, 0.2) is 5.16 Å². The van der Waals surface area contributed by atoms with Gasteiger partial charge in [-0.3, -0.25) is 4.79 Å². The number of hydrogen-bond acceptors (Lipinski definition) is 3. The van der Waals surface area contributed by atoms with Crippen molar-refractivity contribution in [1.29, 1.82) is 0 Å². The molecule has 1 heterocycles. The molecule has 96 valence electrons. The highest BCUT2D eigenvalue weighted by molar-refractivity contribution is 7.99. The van der Waals surface area contributed by atoms with Gasteiger partial charge in [-0.15, -0.1) is 0 Å². The fourth-order valence-corrected chi connectivity index (χ4v) is 2.81. The molecule has 1 unspecified atom stereocenters. The number of carbonyl (C=O) groups is 1. The Hall–Kier alpha value is -0.970. The van der Waals surface area contributed by atoms with E-state index in [1.807, 2.05) is 6.20 Å². The number of rotatable bonds is 7. The van der Waals surface area contributed by atoms with Gasteiger partial charge >= 0.3 is 5.97 Å². The molecule has 0 bridgehead atoms. The molecule has 1 atom stereocenters. The van der Waals surface area contributed by atoms with Crippen LogP contribution in [0.2, 0.25) is 0 Å². The second kappa shape index (κ2) is 6.69. The van der Waals surface area contributed by atoms with Crippen molar-refractivity contribution >= 4 is 17.7 Å². The van der Waals surface area contributed by atoms with Gasteiger partial charge in [-0.05, 0) is 12.8 Å². The minimum Gasteiger partial charge on any atom is -0.481 e. The third-order valence-corrected chi connectivity index (χ3v) is 4.09. The van der Waals surface area contributed by atoms with Crippen LogP contribution in [-0.4, -0.2) is 26.4 Å². The Morgan fingerprint density at radius 1 is 1.53 bits per heavy atom. The number of nitrogens with zero attached hydrogens (tertiary/aromatic N) is 2. The zero-order valence-corrected chi connectivity index (χ0v) is 11.4. The van der Waals surface area contributed by atoms with Crippen molar-refractivity contribution < 1.29 is 9.90 Å². The van der Waals surface area contributed by atoms with E-state index in [2.05, 4.69) is 30.3 Å². The molecule has 0 spiro atoms. The largest absolute Gasteiger partial charge is 0.481 e. The Kier molecular flexibility index (Phi) is 5.55. The lowest BCUT2D eigenvalue weighted by molar-refractivity contribution is -0.133. The topological polar surface area (TPSA) is 55.1 Å². The van der Waals surface area contributed by atoms with Crippen LogP contribution < -0.4 is 0 Å². The Morgan fingerprint density at radius 2 is 2.18 bits per heavy atom. The third-order valence-electron chi connectivity index (χ3n) is 3.13. The van der Waals surface area contributed by atoms with Gasteiger partial charge in [0, 0.05) is 18.4 Å². The fourth-order valence-electron chi connectivity index (χ4n) is 2.05. The van der Waals surface area contributed by atoms with Gasteiger partial charge < -0.3 is 9.67 Å². The van der Waals surface area contributed by atoms with Gasteiger partial charge in [0.2, 0.25) is 0 Å². The smallest absolute Gasteiger partial charge is 0.313 e. The molecular weight excluding hydrogens is 236 g/mol. The first-order valence-corrected chi connectivity index (χ1v) is 6.96. The molecule has 0 fully saturated rings. The van der Waals surface area contributed by atoms with Gasteiger partial charge in [0.25, 0.3) is 0 Å². The van der Waals surface area contributed by atoms with E-state index in [0.29, 0.717) is 12.0 Å². The lowest BCUT2D eigenvalue weighted by Gasteiger charge is -2.24. The Bertz CT molecular complexity index is 361. The summed E-state index contributed by atoms with van der Waals surface area (Å²) in [5.41, 5.74) is 0. The standard InChI is InChI=1S/C12H20N2O2S/c1-4-10(5-2)9(3)14-7-6-13-12(14)17-8-11(15)16/h6-7,9-10H,4-5,8H2,1-3H3,(H,15,16). The van der Waals surface area contributed by atoms with Gasteiger partial charge in [-0.2, -0.15) is 0 Å². The molecule has 0 aromatic carbocycles. The molecule has 1 aromatic rings. The van der Waals surface area contributed by atoms with E-state index in [9.17, 15) is 4.79 Å². The van der Waals surface area contributed by atoms with Crippen LogP contribution in [0.4, 0.5) is 0 Å². The predicted molar refractivity (Wildman–Crippen MR) is 69.4 cm³/mol. The molecule has 0 saturated heterocycles. The highest BCUT2D eigenvalue weighted by atomic mass is 32.2. The van der Waals surface area contributed by atoms with Crippen LogP contribution >= 0.6 is 11.8 Å². The SMILES string of the molecule is CCC(CC)C(C)n1ccnc1SCC(=O)O. The van der Waals surface area contributed by atoms with Crippen LogP contribution in [0, 0.1) is 5.92 Å². The third kappa shape index (κ3) is 3.77. The van der Waals surface area contributed by atoms with E-state index in [-0.39, 0.29) is 5.75 Å². The Morgan fingerprint density at radius 3 is 2.71 bits per heavy atom. The van der Waals surface area contributed by atoms with E-state index in [1.165, 1.54) is 11.8 Å². The molecule has 1 aromatic heterocycles. The van der Waals surface area contributed by atoms with Gasteiger partial charge in [0.05, 0.1) is 5.75 Å². The number of carboxylic acid groups (broad SMARTS) is 1. The van der Waals surface area contributed by atoms with Crippen LogP contribution in [0.5, 0.6) is 0 Å². The molecule has 0 aliphatic carbocycles. The van der Waals surface area contributed by atoms with Crippen molar-refractivity contribution in [2.75, 3.05) is 5.75 Å². The molecular formula is C12H20N2O2S. The van der Waals surface area contributed by atoms with E-state index in [1.54, 1.807) is 6.20 Å². The summed E-state index contributed by atoms with van der Waals surface area (Å²) in [6.45, 7) is 6.54. The van der Waals surface area contributed by atoms with Crippen LogP contribution in [0.15, 0.2) is 17.6 Å². The van der Waals surface area contributed by atoms with E-state index < -0.39 is 5.97 Å². The van der Waals surface area contributed by atoms with Crippen LogP contribution in [0.1, 0.15) is 39.7 Å². The summed E-state index contributed by atoms with van der Waals surface area (Å²) >= 11 is 1.28.